The van der Waals surface area contributed by atoms with Crippen molar-refractivity contribution in [2.24, 2.45) is 29.4 Å². The first kappa shape index (κ1) is 89.9. The molecule has 7 aromatic rings. The van der Waals surface area contributed by atoms with Crippen LogP contribution in [0.1, 0.15) is 162 Å². The van der Waals surface area contributed by atoms with Gasteiger partial charge in [-0.05, 0) is 163 Å². The van der Waals surface area contributed by atoms with E-state index in [1.807, 2.05) is 71.4 Å². The second-order valence-electron chi connectivity index (χ2n) is 33.7. The summed E-state index contributed by atoms with van der Waals surface area (Å²) in [5, 5.41) is 120. The lowest BCUT2D eigenvalue weighted by molar-refractivity contribution is -0.870. The standard InChI is InChI=1S/C89H103Cl3N6O22/c1-43(2)29-44(3)85(112)97-77-67(105)33-53(36-73(93)106)86(113)95-62-24-23-56-49-18-25-63(101)57(30-49)75-58(37-55(100)38-66(75)104)76(64(102)11-9-10-28-98(6,7)8)96-87(114)59(39-65(56)103)78(107)50-19-26-68(60(91)31-50)116-70-34-52(62)35-71(117-69-27-20-51(79(77)108)32-61(69)92)82(70)120-88-83(81(110)80(109)72(42-99)118-88)119-74-40-89(5,84(111)45(4)115-74)94-41-46-12-14-47(15-13-46)48-16-21-54(90)22-17-48/h12-22,25-27,30-32,34-35,37-38,43-45,53,56,59,62,72,74,76-81,83-84,88,94,99,107-111H,9-11,23-24,28-29,33,36,39-42H2,1-8H3,(H7-,93,95,96,97,100,101,104,106,112,113,114)/p+1/t44?,45?,53?,56?,59?,62?,72?,74?,76?,77?,78?,79-,80?,81?,83?,84?,88?,89?/m0/s1. The van der Waals surface area contributed by atoms with E-state index in [0.29, 0.717) is 35.3 Å². The topological polar surface area (TPSA) is 431 Å². The highest BCUT2D eigenvalue weighted by Gasteiger charge is 2.52. The van der Waals surface area contributed by atoms with Crippen LogP contribution in [0, 0.1) is 23.7 Å². The van der Waals surface area contributed by atoms with Gasteiger partial charge in [0.1, 0.15) is 71.0 Å². The molecule has 0 aromatic heterocycles. The van der Waals surface area contributed by atoms with Crippen LogP contribution in [-0.2, 0) is 54.3 Å². The highest BCUT2D eigenvalue weighted by molar-refractivity contribution is 6.32. The first-order valence-electron chi connectivity index (χ1n) is 40.2. The molecule has 0 aliphatic carbocycles. The van der Waals surface area contributed by atoms with E-state index in [0.717, 1.165) is 28.8 Å². The van der Waals surface area contributed by atoms with Crippen molar-refractivity contribution in [1.82, 2.24) is 21.3 Å². The van der Waals surface area contributed by atoms with Crippen LogP contribution in [0.5, 0.6) is 46.0 Å². The third kappa shape index (κ3) is 20.9. The van der Waals surface area contributed by atoms with E-state index in [2.05, 4.69) is 21.3 Å². The van der Waals surface area contributed by atoms with Gasteiger partial charge >= 0.3 is 0 Å². The van der Waals surface area contributed by atoms with Gasteiger partial charge in [0.25, 0.3) is 0 Å². The Morgan fingerprint density at radius 1 is 0.692 bits per heavy atom. The molecule has 0 radical (unpaired) electrons. The number of aliphatic hydroxyl groups excluding tert-OH is 6. The summed E-state index contributed by atoms with van der Waals surface area (Å²) in [6.07, 6.45) is -18.7. The molecule has 2 fully saturated rings. The van der Waals surface area contributed by atoms with Crippen molar-refractivity contribution in [2.75, 3.05) is 34.3 Å². The zero-order valence-electron chi connectivity index (χ0n) is 67.7. The number of ether oxygens (including phenoxy) is 6. The van der Waals surface area contributed by atoms with Crippen molar-refractivity contribution in [3.63, 3.8) is 0 Å². The summed E-state index contributed by atoms with van der Waals surface area (Å²) in [4.78, 5) is 105. The zero-order valence-corrected chi connectivity index (χ0v) is 70.0. The smallest absolute Gasteiger partial charge is 0.230 e. The minimum absolute atomic E-state index is 0.0105. The molecule has 0 spiro atoms. The number of carbonyl (C=O) groups is 7. The number of aromatic hydroxyl groups is 3. The molecule has 15 N–H and O–H groups in total. The molecule has 17 unspecified atom stereocenters. The number of fused-ring (bicyclic) bond motifs is 15. The molecular weight excluding hydrogens is 1610 g/mol. The Balaban J connectivity index is 1.02. The van der Waals surface area contributed by atoms with E-state index in [1.54, 1.807) is 32.9 Å². The highest BCUT2D eigenvalue weighted by Crippen LogP contribution is 2.52. The molecular formula is C89H104Cl3N6O22+. The molecule has 7 aromatic carbocycles. The molecule has 7 aliphatic heterocycles. The third-order valence-electron chi connectivity index (χ3n) is 23.1. The number of quaternary nitrogens is 1. The Morgan fingerprint density at radius 2 is 1.32 bits per heavy atom. The second-order valence-corrected chi connectivity index (χ2v) is 35.0. The predicted octanol–water partition coefficient (Wildman–Crippen LogP) is 10.6. The first-order chi connectivity index (χ1) is 56.8. The zero-order chi connectivity index (χ0) is 86.7. The largest absolute Gasteiger partial charge is 0.508 e. The molecule has 2 saturated heterocycles. The molecule has 7 heterocycles. The van der Waals surface area contributed by atoms with Gasteiger partial charge in [0.05, 0.1) is 80.5 Å². The predicted molar refractivity (Wildman–Crippen MR) is 443 cm³/mol. The van der Waals surface area contributed by atoms with Crippen molar-refractivity contribution in [3.8, 4) is 68.2 Å². The van der Waals surface area contributed by atoms with Gasteiger partial charge in [-0.1, -0.05) is 110 Å². The number of ketones is 3. The van der Waals surface area contributed by atoms with Crippen LogP contribution in [-0.4, -0.2) is 186 Å². The minimum Gasteiger partial charge on any atom is -0.508 e. The van der Waals surface area contributed by atoms with Crippen molar-refractivity contribution < 1.29 is 112 Å². The Labute approximate surface area is 709 Å². The quantitative estimate of drug-likeness (QED) is 0.0235. The average molecular weight is 1720 g/mol. The van der Waals surface area contributed by atoms with Crippen LogP contribution in [0.3, 0.4) is 0 Å². The molecule has 642 valence electrons. The van der Waals surface area contributed by atoms with Gasteiger partial charge in [0.15, 0.2) is 35.5 Å². The highest BCUT2D eigenvalue weighted by atomic mass is 35.5. The first-order valence-corrected chi connectivity index (χ1v) is 41.3. The number of aliphatic hydroxyl groups is 6. The number of nitrogens with two attached hydrogens (primary N) is 1. The van der Waals surface area contributed by atoms with Gasteiger partial charge in [0.2, 0.25) is 35.7 Å². The maximum Gasteiger partial charge on any atom is 0.230 e. The van der Waals surface area contributed by atoms with Crippen LogP contribution >= 0.6 is 34.8 Å². The fourth-order valence-corrected chi connectivity index (χ4v) is 17.0. The minimum atomic E-state index is -1.98. The van der Waals surface area contributed by atoms with E-state index in [-0.39, 0.29) is 110 Å². The number of benzene rings is 7. The molecule has 31 heteroatoms. The number of unbranched alkanes of at least 4 members (excludes halogenated alkanes) is 1. The van der Waals surface area contributed by atoms with E-state index in [1.165, 1.54) is 66.7 Å². The number of Topliss-reactive ketones (excluding diaryl/α,β-unsaturated/α-hetero) is 3. The molecule has 7 aliphatic rings. The van der Waals surface area contributed by atoms with Crippen molar-refractivity contribution >= 4 is 75.8 Å². The number of hydrogen-bond acceptors (Lipinski definition) is 23. The number of nitrogens with one attached hydrogen (secondary N) is 4. The number of phenols is 3. The Morgan fingerprint density at radius 3 is 1.94 bits per heavy atom. The lowest BCUT2D eigenvalue weighted by Crippen LogP contribution is -2.65. The average Bonchev–Trinajstić information content (AvgIpc) is 0.766. The Kier molecular flexibility index (Phi) is 28.4. The number of carbonyl (C=O) groups excluding carboxylic acids is 7. The molecule has 120 heavy (non-hydrogen) atoms. The number of rotatable bonds is 21. The van der Waals surface area contributed by atoms with Crippen molar-refractivity contribution in [1.29, 1.82) is 0 Å². The van der Waals surface area contributed by atoms with Crippen LogP contribution in [0.4, 0.5) is 0 Å². The van der Waals surface area contributed by atoms with Gasteiger partial charge < -0.3 is 106 Å². The number of primary amides is 1. The third-order valence-corrected chi connectivity index (χ3v) is 23.9. The monoisotopic (exact) mass is 1710 g/mol. The number of halogens is 3. The summed E-state index contributed by atoms with van der Waals surface area (Å²) in [6.45, 7) is 8.80. The Bertz CT molecular complexity index is 4950. The summed E-state index contributed by atoms with van der Waals surface area (Å²) in [7, 11) is 5.95. The SMILES string of the molecule is CC(C)CC(C)C(=O)NC1C(=O)CC(CC(N)=O)C(=O)NC2CCC3C(=O)CC(C(=O)NC(C(=O)CCCC[N+](C)(C)C)c4cc(O)cc(O)c4-c4cc3ccc4O)C(O)c3ccc(c(Cl)c3)Oc3cc2cc(c3OC2OC(CO)C(O)C(O)C2OC2CC(C)(NCc3ccc(-c4ccc(Cl)cc4)cc3)C(O)C(C)O2)Oc2ccc(cc2Cl)[C@@H]1O. The van der Waals surface area contributed by atoms with Crippen LogP contribution in [0.25, 0.3) is 22.3 Å². The number of nitrogens with zero attached hydrogens (tertiary/aromatic N) is 1. The van der Waals surface area contributed by atoms with Crippen LogP contribution in [0.2, 0.25) is 15.1 Å². The van der Waals surface area contributed by atoms with E-state index >= 15 is 19.2 Å². The maximum absolute atomic E-state index is 16.0. The lowest BCUT2D eigenvalue weighted by atomic mass is 9.79. The van der Waals surface area contributed by atoms with Crippen molar-refractivity contribution in [3.05, 3.63) is 176 Å². The fraction of sp³-hybridized carbons (Fsp3) is 0.449. The molecule has 28 nitrogen and oxygen atoms in total. The van der Waals surface area contributed by atoms with Crippen LogP contribution < -0.4 is 41.2 Å². The molecule has 14 rings (SSSR count). The van der Waals surface area contributed by atoms with Crippen molar-refractivity contribution in [2.45, 2.75) is 196 Å². The molecule has 11 bridgehead atoms. The van der Waals surface area contributed by atoms with E-state index < -0.39 is 199 Å². The summed E-state index contributed by atoms with van der Waals surface area (Å²) >= 11 is 20.7. The number of phenolic OH excluding ortho intramolecular Hbond substituents is 3. The summed E-state index contributed by atoms with van der Waals surface area (Å²) in [5.74, 6) is -14.9. The van der Waals surface area contributed by atoms with E-state index in [4.69, 9.17) is 69.0 Å². The van der Waals surface area contributed by atoms with Gasteiger partial charge in [-0.2, -0.15) is 0 Å². The number of hydrogen-bond donors (Lipinski definition) is 14. The van der Waals surface area contributed by atoms with Gasteiger partial charge in [-0.3, -0.25) is 33.6 Å². The van der Waals surface area contributed by atoms with E-state index in [9.17, 15) is 60.3 Å². The summed E-state index contributed by atoms with van der Waals surface area (Å²) < 4.78 is 40.8. The second kappa shape index (κ2) is 38.0. The molecule has 0 saturated carbocycles. The maximum atomic E-state index is 16.0. The molecule has 4 amide bonds. The van der Waals surface area contributed by atoms with Crippen LogP contribution in [0.15, 0.2) is 127 Å². The lowest BCUT2D eigenvalue weighted by Gasteiger charge is -2.48. The Hall–Kier alpha value is -9.34. The summed E-state index contributed by atoms with van der Waals surface area (Å²) in [6, 6.07) is 26.9. The van der Waals surface area contributed by atoms with Gasteiger partial charge in [-0.25, -0.2) is 0 Å². The van der Waals surface area contributed by atoms with Gasteiger partial charge in [0, 0.05) is 78.2 Å². The fourth-order valence-electron chi connectivity index (χ4n) is 16.5. The normalized spacial score (nSPS) is 26.9. The summed E-state index contributed by atoms with van der Waals surface area (Å²) in [5.41, 5.74) is 6.99. The molecule has 18 atom stereocenters. The number of amides is 4. The van der Waals surface area contributed by atoms with Gasteiger partial charge in [-0.15, -0.1) is 0 Å².